The van der Waals surface area contributed by atoms with Gasteiger partial charge in [-0.05, 0) is 38.3 Å². The molecule has 3 heterocycles. The maximum absolute atomic E-state index is 8.85. The number of aromatic nitrogens is 2. The van der Waals surface area contributed by atoms with E-state index in [-0.39, 0.29) is 6.61 Å². The van der Waals surface area contributed by atoms with Gasteiger partial charge in [0.1, 0.15) is 11.5 Å². The molecule has 0 saturated carbocycles. The highest BCUT2D eigenvalue weighted by molar-refractivity contribution is 5.96. The number of anilines is 1. The third-order valence-corrected chi connectivity index (χ3v) is 4.31. The molecule has 0 aliphatic carbocycles. The zero-order valence-electron chi connectivity index (χ0n) is 14.6. The van der Waals surface area contributed by atoms with Crippen LogP contribution >= 0.6 is 0 Å². The number of hydrogen-bond donors (Lipinski definition) is 4. The number of aromatic amines is 1. The molecule has 1 saturated heterocycles. The fourth-order valence-electron chi connectivity index (χ4n) is 3.15. The molecule has 134 valence electrons. The Balaban J connectivity index is 1.90. The molecule has 0 amide bonds. The Morgan fingerprint density at radius 3 is 3.00 bits per heavy atom. The van der Waals surface area contributed by atoms with Gasteiger partial charge in [-0.1, -0.05) is 0 Å². The van der Waals surface area contributed by atoms with Crippen molar-refractivity contribution in [2.24, 2.45) is 10.7 Å². The average Bonchev–Trinajstić information content (AvgIpc) is 3.08. The Morgan fingerprint density at radius 2 is 2.24 bits per heavy atom. The SMILES string of the molecule is C/C(=C/C(N)=Nc1cc(N2CCCCC2)c2cc[nH]c2n1)NCCO. The minimum absolute atomic E-state index is 0.0759. The van der Waals surface area contributed by atoms with Crippen LogP contribution in [-0.2, 0) is 0 Å². The van der Waals surface area contributed by atoms with Gasteiger partial charge in [-0.3, -0.25) is 0 Å². The molecule has 2 aromatic rings. The van der Waals surface area contributed by atoms with Gasteiger partial charge in [0.05, 0.1) is 12.3 Å². The Morgan fingerprint density at radius 1 is 1.44 bits per heavy atom. The lowest BCUT2D eigenvalue weighted by molar-refractivity contribution is 0.297. The number of aliphatic hydroxyl groups excluding tert-OH is 1. The van der Waals surface area contributed by atoms with E-state index in [2.05, 4.69) is 31.2 Å². The molecule has 0 spiro atoms. The summed E-state index contributed by atoms with van der Waals surface area (Å²) in [6, 6.07) is 4.07. The van der Waals surface area contributed by atoms with Crippen molar-refractivity contribution in [3.63, 3.8) is 0 Å². The summed E-state index contributed by atoms with van der Waals surface area (Å²) in [6.07, 6.45) is 7.38. The lowest BCUT2D eigenvalue weighted by Gasteiger charge is -2.29. The molecule has 0 bridgehead atoms. The number of H-pyrrole nitrogens is 1. The largest absolute Gasteiger partial charge is 0.395 e. The third-order valence-electron chi connectivity index (χ3n) is 4.31. The molecule has 25 heavy (non-hydrogen) atoms. The number of nitrogens with zero attached hydrogens (tertiary/aromatic N) is 3. The summed E-state index contributed by atoms with van der Waals surface area (Å²) >= 11 is 0. The number of hydrogen-bond acceptors (Lipinski definition) is 5. The van der Waals surface area contributed by atoms with E-state index in [9.17, 15) is 0 Å². The highest BCUT2D eigenvalue weighted by Crippen LogP contribution is 2.31. The fraction of sp³-hybridized carbons (Fsp3) is 0.444. The monoisotopic (exact) mass is 342 g/mol. The van der Waals surface area contributed by atoms with Crippen molar-refractivity contribution < 1.29 is 5.11 Å². The van der Waals surface area contributed by atoms with Gasteiger partial charge in [0.2, 0.25) is 0 Å². The number of aliphatic hydroxyl groups is 1. The van der Waals surface area contributed by atoms with Gasteiger partial charge in [-0.25, -0.2) is 9.98 Å². The zero-order valence-corrected chi connectivity index (χ0v) is 14.6. The molecule has 1 aliphatic heterocycles. The van der Waals surface area contributed by atoms with Crippen LogP contribution in [0.3, 0.4) is 0 Å². The molecule has 3 rings (SSSR count). The summed E-state index contributed by atoms with van der Waals surface area (Å²) in [5.41, 5.74) is 8.88. The second-order valence-corrected chi connectivity index (χ2v) is 6.30. The van der Waals surface area contributed by atoms with Gasteiger partial charge < -0.3 is 26.0 Å². The molecule has 0 atom stereocenters. The van der Waals surface area contributed by atoms with Crippen LogP contribution in [0, 0.1) is 0 Å². The van der Waals surface area contributed by atoms with Crippen LogP contribution in [0.25, 0.3) is 11.0 Å². The number of aliphatic imine (C=N–C) groups is 1. The Kier molecular flexibility index (Phi) is 5.55. The standard InChI is InChI=1S/C18H26N6O/c1-13(20-7-10-25)11-16(19)22-17-12-15(24-8-3-2-4-9-24)14-5-6-21-18(14)23-17/h5-6,11-12,20,25H,2-4,7-10H2,1H3,(H3,19,21,22,23)/b13-11-. The molecular weight excluding hydrogens is 316 g/mol. The van der Waals surface area contributed by atoms with E-state index in [0.717, 1.165) is 35.5 Å². The molecule has 2 aromatic heterocycles. The molecule has 0 unspecified atom stereocenters. The predicted octanol–water partition coefficient (Wildman–Crippen LogP) is 2.03. The van der Waals surface area contributed by atoms with Crippen LogP contribution in [0.1, 0.15) is 26.2 Å². The third kappa shape index (κ3) is 4.30. The molecule has 7 heteroatoms. The molecule has 1 aliphatic rings. The van der Waals surface area contributed by atoms with Crippen molar-refractivity contribution in [1.82, 2.24) is 15.3 Å². The maximum atomic E-state index is 8.85. The van der Waals surface area contributed by atoms with Gasteiger partial charge in [0, 0.05) is 43.0 Å². The Hall–Kier alpha value is -2.54. The van der Waals surface area contributed by atoms with Gasteiger partial charge >= 0.3 is 0 Å². The normalized spacial score (nSPS) is 16.5. The quantitative estimate of drug-likeness (QED) is 0.475. The summed E-state index contributed by atoms with van der Waals surface area (Å²) in [4.78, 5) is 14.6. The van der Waals surface area contributed by atoms with Crippen LogP contribution < -0.4 is 16.0 Å². The zero-order chi connectivity index (χ0) is 17.6. The summed E-state index contributed by atoms with van der Waals surface area (Å²) < 4.78 is 0. The number of allylic oxidation sites excluding steroid dienone is 1. The Labute approximate surface area is 147 Å². The van der Waals surface area contributed by atoms with Crippen molar-refractivity contribution in [2.75, 3.05) is 31.1 Å². The van der Waals surface area contributed by atoms with Crippen molar-refractivity contribution in [3.05, 3.63) is 30.1 Å². The Bertz CT molecular complexity index is 773. The van der Waals surface area contributed by atoms with Gasteiger partial charge in [0.15, 0.2) is 5.82 Å². The summed E-state index contributed by atoms with van der Waals surface area (Å²) in [5, 5.41) is 13.0. The maximum Gasteiger partial charge on any atom is 0.158 e. The highest BCUT2D eigenvalue weighted by Gasteiger charge is 2.16. The lowest BCUT2D eigenvalue weighted by Crippen LogP contribution is -2.29. The van der Waals surface area contributed by atoms with Crippen LogP contribution in [0.4, 0.5) is 11.5 Å². The number of fused-ring (bicyclic) bond motifs is 1. The van der Waals surface area contributed by atoms with E-state index in [4.69, 9.17) is 10.8 Å². The summed E-state index contributed by atoms with van der Waals surface area (Å²) in [7, 11) is 0. The average molecular weight is 342 g/mol. The molecule has 5 N–H and O–H groups in total. The molecule has 0 aromatic carbocycles. The number of pyridine rings is 1. The van der Waals surface area contributed by atoms with Crippen molar-refractivity contribution in [2.45, 2.75) is 26.2 Å². The van der Waals surface area contributed by atoms with Crippen LogP contribution in [0.5, 0.6) is 0 Å². The number of nitrogens with one attached hydrogen (secondary N) is 2. The minimum Gasteiger partial charge on any atom is -0.395 e. The van der Waals surface area contributed by atoms with Crippen LogP contribution in [0.2, 0.25) is 0 Å². The molecule has 1 fully saturated rings. The van der Waals surface area contributed by atoms with Crippen LogP contribution in [-0.4, -0.2) is 47.2 Å². The first kappa shape index (κ1) is 17.3. The molecule has 0 radical (unpaired) electrons. The van der Waals surface area contributed by atoms with E-state index in [1.165, 1.54) is 19.3 Å². The first-order chi connectivity index (χ1) is 12.2. The van der Waals surface area contributed by atoms with E-state index in [1.807, 2.05) is 19.2 Å². The van der Waals surface area contributed by atoms with E-state index in [1.54, 1.807) is 6.08 Å². The van der Waals surface area contributed by atoms with Crippen molar-refractivity contribution >= 4 is 28.4 Å². The number of rotatable bonds is 6. The first-order valence-electron chi connectivity index (χ1n) is 8.77. The van der Waals surface area contributed by atoms with E-state index < -0.39 is 0 Å². The van der Waals surface area contributed by atoms with E-state index >= 15 is 0 Å². The minimum atomic E-state index is 0.0759. The van der Waals surface area contributed by atoms with Gasteiger partial charge in [-0.2, -0.15) is 0 Å². The summed E-state index contributed by atoms with van der Waals surface area (Å²) in [5.74, 6) is 0.977. The number of piperidine rings is 1. The topological polar surface area (TPSA) is 103 Å². The van der Waals surface area contributed by atoms with Crippen molar-refractivity contribution in [3.8, 4) is 0 Å². The lowest BCUT2D eigenvalue weighted by atomic mass is 10.1. The second-order valence-electron chi connectivity index (χ2n) is 6.30. The smallest absolute Gasteiger partial charge is 0.158 e. The van der Waals surface area contributed by atoms with Crippen molar-refractivity contribution in [1.29, 1.82) is 0 Å². The van der Waals surface area contributed by atoms with Gasteiger partial charge in [0.25, 0.3) is 0 Å². The number of amidine groups is 1. The fourth-order valence-corrected chi connectivity index (χ4v) is 3.15. The van der Waals surface area contributed by atoms with E-state index in [0.29, 0.717) is 18.2 Å². The highest BCUT2D eigenvalue weighted by atomic mass is 16.3. The predicted molar refractivity (Wildman–Crippen MR) is 102 cm³/mol. The molecule has 7 nitrogen and oxygen atoms in total. The first-order valence-corrected chi connectivity index (χ1v) is 8.77. The second kappa shape index (κ2) is 8.02. The van der Waals surface area contributed by atoms with Gasteiger partial charge in [-0.15, -0.1) is 0 Å². The summed E-state index contributed by atoms with van der Waals surface area (Å²) in [6.45, 7) is 4.58. The number of nitrogens with two attached hydrogens (primary N) is 1. The van der Waals surface area contributed by atoms with Crippen LogP contribution in [0.15, 0.2) is 35.1 Å². The molecular formula is C18H26N6O.